The average Bonchev–Trinajstić information content (AvgIpc) is 2.42. The van der Waals surface area contributed by atoms with Gasteiger partial charge in [0.2, 0.25) is 0 Å². The molecular formula is C17H19NO4. The van der Waals surface area contributed by atoms with Crippen molar-refractivity contribution in [2.24, 2.45) is 0 Å². The standard InChI is InChI=1S/C17H19NO4/c1-17(2,3)22-16(21)18-14(15(19)20)13-10-6-8-11-7-4-5-9-12(11)13/h4-10,14H,1-3H3,(H,18,21)(H,19,20). The fourth-order valence-corrected chi connectivity index (χ4v) is 2.20. The van der Waals surface area contributed by atoms with E-state index >= 15 is 0 Å². The molecule has 2 aromatic rings. The van der Waals surface area contributed by atoms with Gasteiger partial charge in [-0.2, -0.15) is 0 Å². The van der Waals surface area contributed by atoms with Gasteiger partial charge in [0.15, 0.2) is 6.04 Å². The minimum absolute atomic E-state index is 0.524. The molecule has 2 rings (SSSR count). The second-order valence-corrected chi connectivity index (χ2v) is 5.99. The molecule has 0 bridgehead atoms. The van der Waals surface area contributed by atoms with Crippen LogP contribution < -0.4 is 5.32 Å². The van der Waals surface area contributed by atoms with Crippen molar-refractivity contribution in [1.82, 2.24) is 5.32 Å². The maximum absolute atomic E-state index is 11.9. The summed E-state index contributed by atoms with van der Waals surface area (Å²) in [4.78, 5) is 23.5. The van der Waals surface area contributed by atoms with Crippen LogP contribution in [0.1, 0.15) is 32.4 Å². The zero-order chi connectivity index (χ0) is 16.3. The third-order valence-corrected chi connectivity index (χ3v) is 3.04. The highest BCUT2D eigenvalue weighted by Gasteiger charge is 2.26. The summed E-state index contributed by atoms with van der Waals surface area (Å²) in [6.07, 6.45) is -0.757. The molecular weight excluding hydrogens is 282 g/mol. The Hall–Kier alpha value is -2.56. The average molecular weight is 301 g/mol. The molecule has 116 valence electrons. The second-order valence-electron chi connectivity index (χ2n) is 5.99. The zero-order valence-electron chi connectivity index (χ0n) is 12.8. The summed E-state index contributed by atoms with van der Waals surface area (Å²) in [5.41, 5.74) is -0.164. The predicted octanol–water partition coefficient (Wildman–Crippen LogP) is 3.49. The van der Waals surface area contributed by atoms with Crippen LogP contribution in [-0.4, -0.2) is 22.8 Å². The van der Waals surface area contributed by atoms with Crippen LogP contribution in [0.15, 0.2) is 42.5 Å². The Morgan fingerprint density at radius 3 is 2.36 bits per heavy atom. The van der Waals surface area contributed by atoms with Crippen molar-refractivity contribution in [3.8, 4) is 0 Å². The smallest absolute Gasteiger partial charge is 0.408 e. The topological polar surface area (TPSA) is 75.6 Å². The summed E-state index contributed by atoms with van der Waals surface area (Å²) < 4.78 is 5.14. The van der Waals surface area contributed by atoms with E-state index in [1.807, 2.05) is 30.3 Å². The van der Waals surface area contributed by atoms with E-state index in [0.717, 1.165) is 10.8 Å². The lowest BCUT2D eigenvalue weighted by molar-refractivity contribution is -0.139. The van der Waals surface area contributed by atoms with Gasteiger partial charge in [-0.3, -0.25) is 0 Å². The molecule has 0 spiro atoms. The van der Waals surface area contributed by atoms with Gasteiger partial charge in [0.25, 0.3) is 0 Å². The van der Waals surface area contributed by atoms with Crippen molar-refractivity contribution in [3.63, 3.8) is 0 Å². The first-order chi connectivity index (χ1) is 10.3. The SMILES string of the molecule is CC(C)(C)OC(=O)NC(C(=O)O)c1cccc2ccccc12. The molecule has 0 saturated carbocycles. The normalized spacial score (nSPS) is 12.7. The Morgan fingerprint density at radius 2 is 1.73 bits per heavy atom. The van der Waals surface area contributed by atoms with Gasteiger partial charge in [0.1, 0.15) is 5.60 Å². The van der Waals surface area contributed by atoms with Crippen molar-refractivity contribution in [2.75, 3.05) is 0 Å². The number of fused-ring (bicyclic) bond motifs is 1. The van der Waals surface area contributed by atoms with Gasteiger partial charge in [0, 0.05) is 0 Å². The maximum Gasteiger partial charge on any atom is 0.408 e. The van der Waals surface area contributed by atoms with Gasteiger partial charge >= 0.3 is 12.1 Å². The van der Waals surface area contributed by atoms with Crippen molar-refractivity contribution in [2.45, 2.75) is 32.4 Å². The van der Waals surface area contributed by atoms with Crippen LogP contribution in [0, 0.1) is 0 Å². The first-order valence-electron chi connectivity index (χ1n) is 6.98. The van der Waals surface area contributed by atoms with Gasteiger partial charge in [-0.15, -0.1) is 0 Å². The largest absolute Gasteiger partial charge is 0.479 e. The van der Waals surface area contributed by atoms with Crippen LogP contribution in [0.4, 0.5) is 4.79 Å². The van der Waals surface area contributed by atoms with Crippen molar-refractivity contribution >= 4 is 22.8 Å². The minimum Gasteiger partial charge on any atom is -0.479 e. The monoisotopic (exact) mass is 301 g/mol. The van der Waals surface area contributed by atoms with Gasteiger partial charge in [0.05, 0.1) is 0 Å². The van der Waals surface area contributed by atoms with E-state index in [0.29, 0.717) is 5.56 Å². The molecule has 0 saturated heterocycles. The lowest BCUT2D eigenvalue weighted by Crippen LogP contribution is -2.38. The van der Waals surface area contributed by atoms with E-state index in [1.165, 1.54) is 0 Å². The Morgan fingerprint density at radius 1 is 1.09 bits per heavy atom. The number of carbonyl (C=O) groups excluding carboxylic acids is 1. The van der Waals surface area contributed by atoms with Crippen molar-refractivity contribution in [3.05, 3.63) is 48.0 Å². The Labute approximate surface area is 128 Å². The molecule has 0 aliphatic carbocycles. The molecule has 2 aromatic carbocycles. The summed E-state index contributed by atoms with van der Waals surface area (Å²) in [5.74, 6) is -1.14. The van der Waals surface area contributed by atoms with E-state index in [2.05, 4.69) is 5.32 Å². The third-order valence-electron chi connectivity index (χ3n) is 3.04. The van der Waals surface area contributed by atoms with Crippen LogP contribution in [0.25, 0.3) is 10.8 Å². The van der Waals surface area contributed by atoms with E-state index in [9.17, 15) is 14.7 Å². The highest BCUT2D eigenvalue weighted by molar-refractivity contribution is 5.92. The van der Waals surface area contributed by atoms with Gasteiger partial charge in [-0.25, -0.2) is 9.59 Å². The van der Waals surface area contributed by atoms with Crippen molar-refractivity contribution in [1.29, 1.82) is 0 Å². The fourth-order valence-electron chi connectivity index (χ4n) is 2.20. The van der Waals surface area contributed by atoms with E-state index < -0.39 is 23.7 Å². The van der Waals surface area contributed by atoms with Crippen LogP contribution in [0.3, 0.4) is 0 Å². The quantitative estimate of drug-likeness (QED) is 0.910. The van der Waals surface area contributed by atoms with E-state index in [1.54, 1.807) is 32.9 Å². The minimum atomic E-state index is -1.17. The number of amides is 1. The Balaban J connectivity index is 2.35. The molecule has 0 aliphatic heterocycles. The molecule has 0 radical (unpaired) electrons. The molecule has 1 atom stereocenters. The first kappa shape index (κ1) is 15.8. The number of rotatable bonds is 3. The number of aliphatic carboxylic acids is 1. The predicted molar refractivity (Wildman–Crippen MR) is 83.7 cm³/mol. The molecule has 5 heteroatoms. The number of carboxylic acid groups (broad SMARTS) is 1. The number of hydrogen-bond acceptors (Lipinski definition) is 3. The van der Waals surface area contributed by atoms with E-state index in [4.69, 9.17) is 4.74 Å². The summed E-state index contributed by atoms with van der Waals surface area (Å²) in [5, 5.41) is 13.6. The molecule has 0 aliphatic rings. The lowest BCUT2D eigenvalue weighted by atomic mass is 9.99. The molecule has 0 aromatic heterocycles. The van der Waals surface area contributed by atoms with Crippen LogP contribution >= 0.6 is 0 Å². The number of alkyl carbamates (subject to hydrolysis) is 1. The summed E-state index contributed by atoms with van der Waals surface area (Å²) in [6, 6.07) is 11.6. The van der Waals surface area contributed by atoms with Gasteiger partial charge in [-0.05, 0) is 37.1 Å². The van der Waals surface area contributed by atoms with E-state index in [-0.39, 0.29) is 0 Å². The van der Waals surface area contributed by atoms with Crippen LogP contribution in [0.2, 0.25) is 0 Å². The molecule has 0 heterocycles. The van der Waals surface area contributed by atoms with Gasteiger partial charge in [-0.1, -0.05) is 42.5 Å². The second kappa shape index (κ2) is 6.05. The molecule has 1 unspecified atom stereocenters. The molecule has 5 nitrogen and oxygen atoms in total. The fraction of sp³-hybridized carbons (Fsp3) is 0.294. The number of ether oxygens (including phenoxy) is 1. The molecule has 0 fully saturated rings. The third kappa shape index (κ3) is 3.75. The maximum atomic E-state index is 11.9. The Kier molecular flexibility index (Phi) is 4.35. The number of nitrogens with one attached hydrogen (secondary N) is 1. The Bertz CT molecular complexity index is 698. The number of benzene rings is 2. The lowest BCUT2D eigenvalue weighted by Gasteiger charge is -2.22. The summed E-state index contributed by atoms with van der Waals surface area (Å²) >= 11 is 0. The molecule has 22 heavy (non-hydrogen) atoms. The van der Waals surface area contributed by atoms with Crippen molar-refractivity contribution < 1.29 is 19.4 Å². The van der Waals surface area contributed by atoms with Gasteiger partial charge < -0.3 is 15.2 Å². The van der Waals surface area contributed by atoms with Crippen LogP contribution in [-0.2, 0) is 9.53 Å². The number of carboxylic acids is 1. The summed E-state index contributed by atoms with van der Waals surface area (Å²) in [7, 11) is 0. The number of carbonyl (C=O) groups is 2. The highest BCUT2D eigenvalue weighted by atomic mass is 16.6. The highest BCUT2D eigenvalue weighted by Crippen LogP contribution is 2.25. The summed E-state index contributed by atoms with van der Waals surface area (Å²) in [6.45, 7) is 5.17. The zero-order valence-corrected chi connectivity index (χ0v) is 12.8. The molecule has 1 amide bonds. The van der Waals surface area contributed by atoms with Crippen LogP contribution in [0.5, 0.6) is 0 Å². The molecule has 2 N–H and O–H groups in total. The first-order valence-corrected chi connectivity index (χ1v) is 6.98. The number of hydrogen-bond donors (Lipinski definition) is 2.